The summed E-state index contributed by atoms with van der Waals surface area (Å²) in [5.74, 6) is 0.491. The van der Waals surface area contributed by atoms with Crippen LogP contribution in [-0.4, -0.2) is 68.0 Å². The van der Waals surface area contributed by atoms with Gasteiger partial charge in [-0.2, -0.15) is 9.49 Å². The van der Waals surface area contributed by atoms with E-state index < -0.39 is 0 Å². The third-order valence-corrected chi connectivity index (χ3v) is 7.17. The Balaban J connectivity index is 1.27. The lowest BCUT2D eigenvalue weighted by Crippen LogP contribution is -2.46. The Morgan fingerprint density at radius 2 is 1.94 bits per heavy atom. The van der Waals surface area contributed by atoms with Crippen molar-refractivity contribution in [3.63, 3.8) is 0 Å². The minimum absolute atomic E-state index is 0.346. The third kappa shape index (κ3) is 3.75. The van der Waals surface area contributed by atoms with Crippen molar-refractivity contribution in [3.05, 3.63) is 36.7 Å². The smallest absolute Gasteiger partial charge is 0.219 e. The molecule has 0 amide bonds. The van der Waals surface area contributed by atoms with Crippen molar-refractivity contribution in [2.24, 2.45) is 7.05 Å². The normalized spacial score (nSPS) is 22.2. The number of nitrogens with zero attached hydrogens (tertiary/aromatic N) is 5. The number of ether oxygens (including phenoxy) is 1. The van der Waals surface area contributed by atoms with E-state index in [1.807, 2.05) is 18.2 Å². The Kier molecular flexibility index (Phi) is 5.22. The number of hydrogen-bond donors (Lipinski definition) is 2. The number of aromatic amines is 1. The van der Waals surface area contributed by atoms with Crippen molar-refractivity contribution in [2.75, 3.05) is 31.6 Å². The Labute approximate surface area is 191 Å². The Hall–Kier alpha value is -3.04. The number of fused-ring (bicyclic) bond motifs is 3. The molecular weight excluding hydrogens is 421 g/mol. The van der Waals surface area contributed by atoms with E-state index in [0.29, 0.717) is 17.6 Å². The molecule has 1 saturated carbocycles. The molecule has 8 nitrogen and oxygen atoms in total. The molecule has 33 heavy (non-hydrogen) atoms. The largest absolute Gasteiger partial charge is 0.379 e. The predicted molar refractivity (Wildman–Crippen MR) is 126 cm³/mol. The number of aromatic nitrogens is 5. The molecule has 2 aliphatic rings. The van der Waals surface area contributed by atoms with Gasteiger partial charge in [-0.15, -0.1) is 0 Å². The summed E-state index contributed by atoms with van der Waals surface area (Å²) in [5.41, 5.74) is 3.02. The molecule has 0 bridgehead atoms. The fourth-order valence-electron chi connectivity index (χ4n) is 5.34. The molecule has 9 heteroatoms. The SMILES string of the molecule is Cn1ncc(-c2ccc3[nH]c4ncnc(N[C@H]5CC[C@H](N6CCOCC6)CC5)c4c3c2)c1F. The van der Waals surface area contributed by atoms with Crippen LogP contribution in [0.5, 0.6) is 0 Å². The van der Waals surface area contributed by atoms with E-state index in [2.05, 4.69) is 30.3 Å². The van der Waals surface area contributed by atoms with Crippen molar-refractivity contribution in [3.8, 4) is 11.1 Å². The van der Waals surface area contributed by atoms with Crippen molar-refractivity contribution < 1.29 is 9.13 Å². The lowest BCUT2D eigenvalue weighted by atomic mass is 9.90. The number of benzene rings is 1. The van der Waals surface area contributed by atoms with E-state index in [4.69, 9.17) is 4.74 Å². The van der Waals surface area contributed by atoms with Crippen LogP contribution in [0.15, 0.2) is 30.7 Å². The Morgan fingerprint density at radius 3 is 2.70 bits per heavy atom. The molecule has 3 aromatic heterocycles. The Morgan fingerprint density at radius 1 is 1.12 bits per heavy atom. The number of nitrogens with one attached hydrogen (secondary N) is 2. The summed E-state index contributed by atoms with van der Waals surface area (Å²) in [7, 11) is 1.60. The van der Waals surface area contributed by atoms with Crippen molar-refractivity contribution in [1.82, 2.24) is 29.6 Å². The first-order valence-corrected chi connectivity index (χ1v) is 11.7. The fourth-order valence-corrected chi connectivity index (χ4v) is 5.34. The van der Waals surface area contributed by atoms with Gasteiger partial charge in [0.15, 0.2) is 0 Å². The second kappa shape index (κ2) is 8.39. The topological polar surface area (TPSA) is 83.9 Å². The third-order valence-electron chi connectivity index (χ3n) is 7.17. The molecule has 0 radical (unpaired) electrons. The van der Waals surface area contributed by atoms with E-state index >= 15 is 0 Å². The van der Waals surface area contributed by atoms with Crippen LogP contribution in [0, 0.1) is 5.95 Å². The number of halogens is 1. The molecule has 0 atom stereocenters. The van der Waals surface area contributed by atoms with Crippen LogP contribution in [0.4, 0.5) is 10.2 Å². The average Bonchev–Trinajstić information content (AvgIpc) is 3.40. The van der Waals surface area contributed by atoms with Crippen molar-refractivity contribution >= 4 is 27.8 Å². The van der Waals surface area contributed by atoms with Crippen LogP contribution in [0.25, 0.3) is 33.1 Å². The van der Waals surface area contributed by atoms with Gasteiger partial charge in [-0.25, -0.2) is 14.6 Å². The van der Waals surface area contributed by atoms with E-state index in [1.165, 1.54) is 17.5 Å². The van der Waals surface area contributed by atoms with Gasteiger partial charge in [0.05, 0.1) is 30.4 Å². The fraction of sp³-hybridized carbons (Fsp3) is 0.458. The highest BCUT2D eigenvalue weighted by atomic mass is 19.1. The lowest BCUT2D eigenvalue weighted by Gasteiger charge is -2.39. The van der Waals surface area contributed by atoms with Crippen LogP contribution >= 0.6 is 0 Å². The second-order valence-corrected chi connectivity index (χ2v) is 9.10. The molecule has 4 heterocycles. The first kappa shape index (κ1) is 20.6. The molecule has 1 aliphatic carbocycles. The zero-order valence-electron chi connectivity index (χ0n) is 18.7. The summed E-state index contributed by atoms with van der Waals surface area (Å²) in [6.45, 7) is 3.79. The molecule has 1 saturated heterocycles. The number of aryl methyl sites for hydroxylation is 1. The predicted octanol–water partition coefficient (Wildman–Crippen LogP) is 3.71. The number of anilines is 1. The first-order chi connectivity index (χ1) is 16.2. The average molecular weight is 450 g/mol. The number of rotatable bonds is 4. The van der Waals surface area contributed by atoms with Crippen molar-refractivity contribution in [2.45, 2.75) is 37.8 Å². The maximum atomic E-state index is 14.5. The maximum Gasteiger partial charge on any atom is 0.219 e. The molecular formula is C24H28FN7O. The van der Waals surface area contributed by atoms with Gasteiger partial charge in [0.2, 0.25) is 5.95 Å². The minimum Gasteiger partial charge on any atom is -0.379 e. The van der Waals surface area contributed by atoms with E-state index in [1.54, 1.807) is 19.6 Å². The number of hydrogen-bond acceptors (Lipinski definition) is 6. The van der Waals surface area contributed by atoms with E-state index in [0.717, 1.165) is 72.5 Å². The standard InChI is InChI=1S/C24H28FN7O/c1-31-22(25)19(13-28-31)15-2-7-20-18(12-15)21-23(26-14-27-24(21)30-20)29-16-3-5-17(6-4-16)32-8-10-33-11-9-32/h2,7,12-14,16-17H,3-6,8-11H2,1H3,(H2,26,27,29,30)/t16-,17-. The van der Waals surface area contributed by atoms with E-state index in [9.17, 15) is 4.39 Å². The summed E-state index contributed by atoms with van der Waals surface area (Å²) >= 11 is 0. The van der Waals surface area contributed by atoms with Crippen LogP contribution < -0.4 is 5.32 Å². The van der Waals surface area contributed by atoms with Gasteiger partial charge in [-0.1, -0.05) is 6.07 Å². The zero-order valence-corrected chi connectivity index (χ0v) is 18.7. The monoisotopic (exact) mass is 449 g/mol. The van der Waals surface area contributed by atoms with Crippen LogP contribution in [0.2, 0.25) is 0 Å². The van der Waals surface area contributed by atoms with Gasteiger partial charge >= 0.3 is 0 Å². The first-order valence-electron chi connectivity index (χ1n) is 11.7. The molecule has 2 N–H and O–H groups in total. The van der Waals surface area contributed by atoms with Crippen LogP contribution in [-0.2, 0) is 11.8 Å². The minimum atomic E-state index is -0.346. The summed E-state index contributed by atoms with van der Waals surface area (Å²) in [6, 6.07) is 6.91. The quantitative estimate of drug-likeness (QED) is 0.494. The van der Waals surface area contributed by atoms with Gasteiger partial charge in [-0.3, -0.25) is 4.90 Å². The van der Waals surface area contributed by atoms with Gasteiger partial charge in [0, 0.05) is 43.1 Å². The Bertz CT molecular complexity index is 1280. The van der Waals surface area contributed by atoms with E-state index in [-0.39, 0.29) is 5.95 Å². The van der Waals surface area contributed by atoms with Crippen molar-refractivity contribution in [1.29, 1.82) is 0 Å². The molecule has 172 valence electrons. The molecule has 6 rings (SSSR count). The van der Waals surface area contributed by atoms with Gasteiger partial charge in [0.25, 0.3) is 0 Å². The maximum absolute atomic E-state index is 14.5. The molecule has 0 spiro atoms. The molecule has 0 unspecified atom stereocenters. The second-order valence-electron chi connectivity index (χ2n) is 9.10. The molecule has 4 aromatic rings. The lowest BCUT2D eigenvalue weighted by molar-refractivity contribution is 0.00791. The molecule has 1 aromatic carbocycles. The number of H-pyrrole nitrogens is 1. The zero-order chi connectivity index (χ0) is 22.4. The summed E-state index contributed by atoms with van der Waals surface area (Å²) in [5, 5.41) is 9.67. The summed E-state index contributed by atoms with van der Waals surface area (Å²) in [4.78, 5) is 15.0. The summed E-state index contributed by atoms with van der Waals surface area (Å²) < 4.78 is 21.2. The highest BCUT2D eigenvalue weighted by Crippen LogP contribution is 2.34. The highest BCUT2D eigenvalue weighted by Gasteiger charge is 2.27. The van der Waals surface area contributed by atoms with Crippen LogP contribution in [0.1, 0.15) is 25.7 Å². The van der Waals surface area contributed by atoms with Crippen LogP contribution in [0.3, 0.4) is 0 Å². The van der Waals surface area contributed by atoms with Gasteiger partial charge in [0.1, 0.15) is 17.8 Å². The molecule has 2 fully saturated rings. The summed E-state index contributed by atoms with van der Waals surface area (Å²) in [6.07, 6.45) is 7.76. The highest BCUT2D eigenvalue weighted by molar-refractivity contribution is 6.12. The van der Waals surface area contributed by atoms with Gasteiger partial charge in [-0.05, 0) is 43.4 Å². The van der Waals surface area contributed by atoms with Gasteiger partial charge < -0.3 is 15.0 Å². The number of morpholine rings is 1. The molecule has 1 aliphatic heterocycles.